The molecule has 2 aliphatic rings. The number of rotatable bonds is 7. The Morgan fingerprint density at radius 1 is 1.14 bits per heavy atom. The number of methoxy groups -OCH3 is 1. The lowest BCUT2D eigenvalue weighted by Gasteiger charge is -2.19. The van der Waals surface area contributed by atoms with Crippen molar-refractivity contribution in [2.45, 2.75) is 24.5 Å². The fourth-order valence-corrected chi connectivity index (χ4v) is 3.82. The number of thioether (sulfide) groups is 1. The molecule has 1 aliphatic carbocycles. The van der Waals surface area contributed by atoms with E-state index in [0.717, 1.165) is 35.9 Å². The summed E-state index contributed by atoms with van der Waals surface area (Å²) >= 11 is 1.46. The predicted octanol–water partition coefficient (Wildman–Crippen LogP) is 5.53. The normalized spacial score (nSPS) is 18.8. The molecule has 0 bridgehead atoms. The second kappa shape index (κ2) is 8.10. The van der Waals surface area contributed by atoms with Gasteiger partial charge in [0.15, 0.2) is 0 Å². The highest BCUT2D eigenvalue weighted by Gasteiger charge is 2.35. The largest absolute Gasteiger partial charge is 0.497 e. The Labute approximate surface area is 171 Å². The van der Waals surface area contributed by atoms with Crippen LogP contribution in [0.3, 0.4) is 0 Å². The molecule has 2 N–H and O–H groups in total. The molecule has 1 aliphatic heterocycles. The molecule has 0 spiro atoms. The minimum atomic E-state index is -4.47. The van der Waals surface area contributed by atoms with E-state index in [9.17, 15) is 13.2 Å². The lowest BCUT2D eigenvalue weighted by molar-refractivity contribution is -0.138. The first-order chi connectivity index (χ1) is 13.9. The Bertz CT molecular complexity index is 896. The molecule has 154 valence electrons. The zero-order valence-electron chi connectivity index (χ0n) is 15.8. The van der Waals surface area contributed by atoms with Crippen molar-refractivity contribution in [3.63, 3.8) is 0 Å². The van der Waals surface area contributed by atoms with Crippen molar-refractivity contribution in [1.82, 2.24) is 5.32 Å². The van der Waals surface area contributed by atoms with E-state index < -0.39 is 11.7 Å². The number of benzene rings is 2. The first-order valence-corrected chi connectivity index (χ1v) is 10.2. The van der Waals surface area contributed by atoms with Gasteiger partial charge in [0.05, 0.1) is 25.0 Å². The maximum Gasteiger partial charge on any atom is 0.420 e. The van der Waals surface area contributed by atoms with Crippen LogP contribution in [0.25, 0.3) is 5.70 Å². The van der Waals surface area contributed by atoms with Gasteiger partial charge < -0.3 is 20.1 Å². The fourth-order valence-electron chi connectivity index (χ4n) is 2.95. The second-order valence-corrected chi connectivity index (χ2v) is 8.01. The van der Waals surface area contributed by atoms with Crippen molar-refractivity contribution in [3.8, 4) is 11.5 Å². The molecule has 2 aromatic carbocycles. The number of hydrogen-bond acceptors (Lipinski definition) is 5. The molecular weight excluding hydrogens is 401 g/mol. The van der Waals surface area contributed by atoms with Gasteiger partial charge in [-0.05, 0) is 72.2 Å². The standard InChI is InChI=1S/C21H21F3N2O2S/c1-27-16-7-4-14(5-8-16)18-12-29-20(26-18)25-15-6-9-19(28-11-13-2-3-13)17(10-15)21(22,23)24/h4-10,12-13,20,25-26H,2-3,11H2,1H3/t20-/m0/s1. The maximum absolute atomic E-state index is 13.5. The molecule has 0 aromatic heterocycles. The molecule has 4 rings (SSSR count). The highest BCUT2D eigenvalue weighted by Crippen LogP contribution is 2.40. The SMILES string of the molecule is COc1ccc(C2=CS[C@@H](Nc3ccc(OCC4CC4)c(C(F)(F)F)c3)N2)cc1. The van der Waals surface area contributed by atoms with Gasteiger partial charge in [-0.3, -0.25) is 0 Å². The van der Waals surface area contributed by atoms with E-state index in [1.165, 1.54) is 17.8 Å². The van der Waals surface area contributed by atoms with Crippen molar-refractivity contribution in [1.29, 1.82) is 0 Å². The number of hydrogen-bond donors (Lipinski definition) is 2. The summed E-state index contributed by atoms with van der Waals surface area (Å²) in [6.45, 7) is 0.338. The molecular formula is C21H21F3N2O2S. The third-order valence-electron chi connectivity index (χ3n) is 4.76. The molecule has 2 aromatic rings. The molecule has 0 radical (unpaired) electrons. The Hall–Kier alpha value is -2.48. The third-order valence-corrected chi connectivity index (χ3v) is 5.64. The van der Waals surface area contributed by atoms with Gasteiger partial charge in [0, 0.05) is 5.69 Å². The van der Waals surface area contributed by atoms with Crippen LogP contribution in [0.2, 0.25) is 0 Å². The van der Waals surface area contributed by atoms with Crippen molar-refractivity contribution < 1.29 is 22.6 Å². The van der Waals surface area contributed by atoms with E-state index in [2.05, 4.69) is 10.6 Å². The average Bonchev–Trinajstić information content (AvgIpc) is 3.43. The monoisotopic (exact) mass is 422 g/mol. The van der Waals surface area contributed by atoms with Crippen molar-refractivity contribution in [3.05, 3.63) is 59.0 Å². The van der Waals surface area contributed by atoms with Gasteiger partial charge in [0.1, 0.15) is 17.0 Å². The third kappa shape index (κ3) is 4.93. The zero-order valence-corrected chi connectivity index (χ0v) is 16.6. The van der Waals surface area contributed by atoms with E-state index in [-0.39, 0.29) is 11.2 Å². The quantitative estimate of drug-likeness (QED) is 0.614. The zero-order chi connectivity index (χ0) is 20.4. The lowest BCUT2D eigenvalue weighted by atomic mass is 10.1. The Balaban J connectivity index is 1.42. The molecule has 1 atom stereocenters. The van der Waals surface area contributed by atoms with Gasteiger partial charge in [-0.1, -0.05) is 11.8 Å². The van der Waals surface area contributed by atoms with Crippen molar-refractivity contribution in [2.24, 2.45) is 5.92 Å². The van der Waals surface area contributed by atoms with Gasteiger partial charge in [0.2, 0.25) is 0 Å². The van der Waals surface area contributed by atoms with Crippen LogP contribution in [0.4, 0.5) is 18.9 Å². The highest BCUT2D eigenvalue weighted by molar-refractivity contribution is 8.03. The number of anilines is 1. The van der Waals surface area contributed by atoms with Gasteiger partial charge in [-0.25, -0.2) is 0 Å². The fraction of sp³-hybridized carbons (Fsp3) is 0.333. The molecule has 29 heavy (non-hydrogen) atoms. The molecule has 1 fully saturated rings. The van der Waals surface area contributed by atoms with Crippen LogP contribution in [0.5, 0.6) is 11.5 Å². The summed E-state index contributed by atoms with van der Waals surface area (Å²) in [5.41, 5.74) is 1.23. The van der Waals surface area contributed by atoms with E-state index >= 15 is 0 Å². The molecule has 0 saturated heterocycles. The van der Waals surface area contributed by atoms with Gasteiger partial charge in [-0.2, -0.15) is 13.2 Å². The van der Waals surface area contributed by atoms with E-state index in [1.807, 2.05) is 29.7 Å². The summed E-state index contributed by atoms with van der Waals surface area (Å²) < 4.78 is 51.0. The Morgan fingerprint density at radius 3 is 2.55 bits per heavy atom. The number of ether oxygens (including phenoxy) is 2. The summed E-state index contributed by atoms with van der Waals surface area (Å²) in [4.78, 5) is 0. The van der Waals surface area contributed by atoms with E-state index in [0.29, 0.717) is 18.2 Å². The summed E-state index contributed by atoms with van der Waals surface area (Å²) in [7, 11) is 1.61. The minimum Gasteiger partial charge on any atom is -0.497 e. The van der Waals surface area contributed by atoms with Gasteiger partial charge in [-0.15, -0.1) is 0 Å². The average molecular weight is 422 g/mol. The first kappa shape index (κ1) is 19.8. The van der Waals surface area contributed by atoms with Crippen LogP contribution < -0.4 is 20.1 Å². The number of halogens is 3. The first-order valence-electron chi connectivity index (χ1n) is 9.29. The van der Waals surface area contributed by atoms with Crippen molar-refractivity contribution in [2.75, 3.05) is 19.0 Å². The molecule has 1 saturated carbocycles. The summed E-state index contributed by atoms with van der Waals surface area (Å²) in [6, 6.07) is 11.7. The smallest absolute Gasteiger partial charge is 0.420 e. The summed E-state index contributed by atoms with van der Waals surface area (Å²) in [5.74, 6) is 1.04. The van der Waals surface area contributed by atoms with E-state index in [4.69, 9.17) is 9.47 Å². The van der Waals surface area contributed by atoms with Gasteiger partial charge in [0.25, 0.3) is 0 Å². The number of nitrogens with one attached hydrogen (secondary N) is 2. The van der Waals surface area contributed by atoms with Crippen LogP contribution >= 0.6 is 11.8 Å². The van der Waals surface area contributed by atoms with Crippen LogP contribution in [0, 0.1) is 5.92 Å². The topological polar surface area (TPSA) is 42.5 Å². The molecule has 0 unspecified atom stereocenters. The summed E-state index contributed by atoms with van der Waals surface area (Å²) in [5, 5.41) is 8.32. The summed E-state index contributed by atoms with van der Waals surface area (Å²) in [6.07, 6.45) is -2.43. The second-order valence-electron chi connectivity index (χ2n) is 7.03. The predicted molar refractivity (Wildman–Crippen MR) is 109 cm³/mol. The van der Waals surface area contributed by atoms with E-state index in [1.54, 1.807) is 13.2 Å². The van der Waals surface area contributed by atoms with Crippen LogP contribution in [0.15, 0.2) is 47.9 Å². The highest BCUT2D eigenvalue weighted by atomic mass is 32.2. The van der Waals surface area contributed by atoms with Crippen LogP contribution in [-0.4, -0.2) is 19.2 Å². The van der Waals surface area contributed by atoms with Crippen LogP contribution in [0.1, 0.15) is 24.0 Å². The molecule has 4 nitrogen and oxygen atoms in total. The molecule has 1 heterocycles. The minimum absolute atomic E-state index is 0.112. The lowest BCUT2D eigenvalue weighted by Crippen LogP contribution is -2.28. The van der Waals surface area contributed by atoms with Gasteiger partial charge >= 0.3 is 6.18 Å². The Morgan fingerprint density at radius 2 is 1.90 bits per heavy atom. The van der Waals surface area contributed by atoms with Crippen molar-refractivity contribution >= 4 is 23.1 Å². The maximum atomic E-state index is 13.5. The molecule has 8 heteroatoms. The Kier molecular flexibility index (Phi) is 5.54. The number of alkyl halides is 3. The molecule has 0 amide bonds. The van der Waals surface area contributed by atoms with Crippen LogP contribution in [-0.2, 0) is 6.18 Å².